The molecule has 0 amide bonds. The van der Waals surface area contributed by atoms with Gasteiger partial charge in [0.1, 0.15) is 24.0 Å². The summed E-state index contributed by atoms with van der Waals surface area (Å²) in [6, 6.07) is 7.68. The zero-order valence-corrected chi connectivity index (χ0v) is 22.8. The quantitative estimate of drug-likeness (QED) is 0.0871. The Balaban J connectivity index is 1.96. The fourth-order valence-electron chi connectivity index (χ4n) is 3.92. The Bertz CT molecular complexity index is 1380. The van der Waals surface area contributed by atoms with Gasteiger partial charge in [0.05, 0.1) is 13.2 Å². The van der Waals surface area contributed by atoms with Crippen molar-refractivity contribution in [3.63, 3.8) is 0 Å². The molecule has 1 saturated heterocycles. The van der Waals surface area contributed by atoms with E-state index >= 15 is 0 Å². The molecule has 4 N–H and O–H groups in total. The van der Waals surface area contributed by atoms with Crippen molar-refractivity contribution in [3.8, 4) is 5.75 Å². The molecule has 2 aromatic rings. The number of ether oxygens (including phenoxy) is 2. The second-order valence-corrected chi connectivity index (χ2v) is 10.9. The molecule has 1 aliphatic rings. The van der Waals surface area contributed by atoms with Gasteiger partial charge in [-0.25, -0.2) is 9.36 Å². The molecule has 1 aromatic heterocycles. The fraction of sp³-hybridized carbons (Fsp3) is 0.522. The van der Waals surface area contributed by atoms with Gasteiger partial charge in [0.2, 0.25) is 5.72 Å². The first-order valence-electron chi connectivity index (χ1n) is 12.3. The number of aliphatic hydroxyl groups is 2. The van der Waals surface area contributed by atoms with Crippen molar-refractivity contribution in [1.82, 2.24) is 14.6 Å². The lowest BCUT2D eigenvalue weighted by atomic mass is 10.1. The summed E-state index contributed by atoms with van der Waals surface area (Å²) < 4.78 is 36.7. The first kappa shape index (κ1) is 31.0. The van der Waals surface area contributed by atoms with Crippen LogP contribution in [-0.4, -0.2) is 62.9 Å². The molecule has 0 spiro atoms. The van der Waals surface area contributed by atoms with Crippen LogP contribution >= 0.6 is 7.75 Å². The third kappa shape index (κ3) is 7.37. The number of azide groups is 1. The minimum atomic E-state index is -4.53. The summed E-state index contributed by atoms with van der Waals surface area (Å²) in [7, 11) is -4.53. The van der Waals surface area contributed by atoms with Gasteiger partial charge in [-0.15, -0.1) is 0 Å². The Morgan fingerprint density at radius 3 is 2.60 bits per heavy atom. The Morgan fingerprint density at radius 2 is 2.00 bits per heavy atom. The number of hydrogen-bond acceptors (Lipinski definition) is 11. The summed E-state index contributed by atoms with van der Waals surface area (Å²) in [6.07, 6.45) is -4.29. The molecule has 0 radical (unpaired) electrons. The minimum absolute atomic E-state index is 0.0480. The second kappa shape index (κ2) is 13.2. The molecular formula is C23H31N6O10P. The maximum atomic E-state index is 14.0. The third-order valence-corrected chi connectivity index (χ3v) is 7.29. The monoisotopic (exact) mass is 582 g/mol. The summed E-state index contributed by atoms with van der Waals surface area (Å²) in [5.74, 6) is -0.673. The van der Waals surface area contributed by atoms with Gasteiger partial charge in [0.15, 0.2) is 6.23 Å². The van der Waals surface area contributed by atoms with E-state index in [1.54, 1.807) is 25.1 Å². The fourth-order valence-corrected chi connectivity index (χ4v) is 5.45. The Hall–Kier alpha value is -3.49. The smallest absolute Gasteiger partial charge is 0.459 e. The van der Waals surface area contributed by atoms with Crippen LogP contribution in [-0.2, 0) is 23.4 Å². The number of carbonyl (C=O) groups excluding carboxylic acids is 1. The van der Waals surface area contributed by atoms with E-state index in [9.17, 15) is 34.7 Å². The van der Waals surface area contributed by atoms with Gasteiger partial charge in [-0.2, -0.15) is 5.09 Å². The van der Waals surface area contributed by atoms with Crippen molar-refractivity contribution in [2.24, 2.45) is 11.0 Å². The Kier molecular flexibility index (Phi) is 10.3. The van der Waals surface area contributed by atoms with E-state index in [-0.39, 0.29) is 24.7 Å². The molecule has 1 fully saturated rings. The summed E-state index contributed by atoms with van der Waals surface area (Å²) >= 11 is 0. The second-order valence-electron chi connectivity index (χ2n) is 9.23. The predicted molar refractivity (Wildman–Crippen MR) is 139 cm³/mol. The van der Waals surface area contributed by atoms with E-state index in [0.717, 1.165) is 16.8 Å². The van der Waals surface area contributed by atoms with Crippen LogP contribution in [0.2, 0.25) is 0 Å². The topological polar surface area (TPSA) is 227 Å². The van der Waals surface area contributed by atoms with Crippen molar-refractivity contribution in [2.45, 2.75) is 57.4 Å². The highest BCUT2D eigenvalue weighted by atomic mass is 31.2. The molecule has 2 unspecified atom stereocenters. The number of benzene rings is 1. The van der Waals surface area contributed by atoms with Gasteiger partial charge in [0, 0.05) is 17.2 Å². The number of rotatable bonds is 13. The van der Waals surface area contributed by atoms with Crippen LogP contribution < -0.4 is 20.9 Å². The van der Waals surface area contributed by atoms with Gasteiger partial charge in [-0.1, -0.05) is 37.2 Å². The third-order valence-electron chi connectivity index (χ3n) is 5.74. The average Bonchev–Trinajstić information content (AvgIpc) is 3.13. The Morgan fingerprint density at radius 1 is 1.30 bits per heavy atom. The molecule has 17 heteroatoms. The molecule has 3 rings (SSSR count). The number of hydrogen-bond donors (Lipinski definition) is 4. The summed E-state index contributed by atoms with van der Waals surface area (Å²) in [5, 5.41) is 27.5. The van der Waals surface area contributed by atoms with Crippen LogP contribution in [0.25, 0.3) is 10.4 Å². The first-order chi connectivity index (χ1) is 18.9. The molecule has 16 nitrogen and oxygen atoms in total. The highest BCUT2D eigenvalue weighted by molar-refractivity contribution is 7.52. The van der Waals surface area contributed by atoms with Crippen LogP contribution in [0.1, 0.15) is 33.4 Å². The van der Waals surface area contributed by atoms with Crippen LogP contribution in [0.4, 0.5) is 0 Å². The SMILES string of the molecule is CCOC(=O)[C@H](CC(C)C)NP(=O)(OCC1(N=[N+]=[N-])O[C@@H](n2ccc(=O)[nH]c2=O)[C@@H](O)[C@H]1O)Oc1ccccc1. The number of aromatic amines is 1. The van der Waals surface area contributed by atoms with Crippen molar-refractivity contribution in [3.05, 3.63) is 73.9 Å². The van der Waals surface area contributed by atoms with E-state index in [2.05, 4.69) is 15.1 Å². The largest absolute Gasteiger partial charge is 0.465 e. The number of H-pyrrole nitrogens is 1. The number of esters is 1. The maximum absolute atomic E-state index is 14.0. The number of aliphatic hydroxyl groups excluding tert-OH is 2. The van der Waals surface area contributed by atoms with Crippen LogP contribution in [0.3, 0.4) is 0 Å². The highest BCUT2D eigenvalue weighted by Crippen LogP contribution is 2.48. The molecule has 6 atom stereocenters. The van der Waals surface area contributed by atoms with Gasteiger partial charge in [-0.05, 0) is 36.9 Å². The van der Waals surface area contributed by atoms with Crippen molar-refractivity contribution < 1.29 is 38.1 Å². The van der Waals surface area contributed by atoms with E-state index in [0.29, 0.717) is 0 Å². The summed E-state index contributed by atoms with van der Waals surface area (Å²) in [4.78, 5) is 41.0. The van der Waals surface area contributed by atoms with Gasteiger partial charge < -0.3 is 24.2 Å². The van der Waals surface area contributed by atoms with E-state index < -0.39 is 61.8 Å². The molecule has 0 aliphatic carbocycles. The molecule has 1 aromatic carbocycles. The summed E-state index contributed by atoms with van der Waals surface area (Å²) in [6.45, 7) is 4.37. The zero-order chi connectivity index (χ0) is 29.5. The lowest BCUT2D eigenvalue weighted by molar-refractivity contribution is -0.145. The van der Waals surface area contributed by atoms with E-state index in [4.69, 9.17) is 18.5 Å². The molecular weight excluding hydrogens is 551 g/mol. The minimum Gasteiger partial charge on any atom is -0.465 e. The van der Waals surface area contributed by atoms with Gasteiger partial charge in [0.25, 0.3) is 5.56 Å². The number of carbonyl (C=O) groups is 1. The maximum Gasteiger partial charge on any atom is 0.459 e. The molecule has 218 valence electrons. The number of nitrogens with zero attached hydrogens (tertiary/aromatic N) is 4. The van der Waals surface area contributed by atoms with Gasteiger partial charge in [-0.3, -0.25) is 23.7 Å². The van der Waals surface area contributed by atoms with Crippen LogP contribution in [0.15, 0.2) is 57.3 Å². The normalized spacial score (nSPS) is 24.6. The van der Waals surface area contributed by atoms with Crippen molar-refractivity contribution in [1.29, 1.82) is 0 Å². The lowest BCUT2D eigenvalue weighted by Gasteiger charge is -2.30. The zero-order valence-electron chi connectivity index (χ0n) is 21.9. The number of aromatic nitrogens is 2. The standard InChI is InChI=1S/C23H31N6O10P/c1-4-36-21(33)16(12-14(2)3)26-40(35,39-15-8-6-5-7-9-15)37-13-23(27-28-24)19(32)18(31)20(38-23)29-11-10-17(30)25-22(29)34/h5-11,14,16,18-20,31-32H,4,12-13H2,1-3H3,(H,26,35)(H,25,30,34)/t16-,18-,19+,20+,23?,40?/m0/s1. The van der Waals surface area contributed by atoms with Gasteiger partial charge >= 0.3 is 19.4 Å². The number of nitrogens with one attached hydrogen (secondary N) is 2. The lowest BCUT2D eigenvalue weighted by Crippen LogP contribution is -2.46. The highest BCUT2D eigenvalue weighted by Gasteiger charge is 2.56. The van der Waals surface area contributed by atoms with Crippen molar-refractivity contribution in [2.75, 3.05) is 13.2 Å². The summed E-state index contributed by atoms with van der Waals surface area (Å²) in [5.41, 5.74) is 5.11. The molecule has 0 bridgehead atoms. The molecule has 1 aliphatic heterocycles. The molecule has 0 saturated carbocycles. The van der Waals surface area contributed by atoms with E-state index in [1.165, 1.54) is 12.1 Å². The average molecular weight is 583 g/mol. The Labute approximate surface area is 228 Å². The molecule has 40 heavy (non-hydrogen) atoms. The van der Waals surface area contributed by atoms with Crippen molar-refractivity contribution >= 4 is 13.7 Å². The first-order valence-corrected chi connectivity index (χ1v) is 13.8. The van der Waals surface area contributed by atoms with Crippen LogP contribution in [0, 0.1) is 5.92 Å². The predicted octanol–water partition coefficient (Wildman–Crippen LogP) is 1.56. The van der Waals surface area contributed by atoms with E-state index in [1.807, 2.05) is 18.8 Å². The molecule has 2 heterocycles. The van der Waals surface area contributed by atoms with Crippen LogP contribution in [0.5, 0.6) is 5.75 Å². The number of para-hydroxylation sites is 1.